The van der Waals surface area contributed by atoms with Crippen LogP contribution in [0, 0.1) is 0 Å². The van der Waals surface area contributed by atoms with Crippen LogP contribution in [0.3, 0.4) is 0 Å². The Labute approximate surface area is 131 Å². The van der Waals surface area contributed by atoms with Crippen molar-refractivity contribution in [3.05, 3.63) is 40.4 Å². The minimum Gasteiger partial charge on any atom is -0.370 e. The first-order valence-corrected chi connectivity index (χ1v) is 8.38. The molecule has 0 aliphatic rings. The number of nitrogens with zero attached hydrogens (tertiary/aromatic N) is 2. The van der Waals surface area contributed by atoms with E-state index in [9.17, 15) is 0 Å². The molecule has 6 heteroatoms. The third-order valence-corrected chi connectivity index (χ3v) is 3.65. The summed E-state index contributed by atoms with van der Waals surface area (Å²) >= 11 is 5.01. The molecule has 1 aromatic heterocycles. The van der Waals surface area contributed by atoms with Crippen LogP contribution in [0.5, 0.6) is 0 Å². The Balaban J connectivity index is 2.10. The van der Waals surface area contributed by atoms with Crippen molar-refractivity contribution in [2.75, 3.05) is 23.4 Å². The average molecular weight is 353 g/mol. The molecule has 0 aliphatic carbocycles. The van der Waals surface area contributed by atoms with Crippen LogP contribution in [0.4, 0.5) is 11.6 Å². The molecule has 1 aromatic carbocycles. The van der Waals surface area contributed by atoms with Crippen molar-refractivity contribution >= 4 is 39.3 Å². The van der Waals surface area contributed by atoms with Crippen LogP contribution in [-0.4, -0.2) is 22.8 Å². The minimum absolute atomic E-state index is 0.732. The molecule has 4 nitrogen and oxygen atoms in total. The van der Waals surface area contributed by atoms with E-state index >= 15 is 0 Å². The van der Waals surface area contributed by atoms with E-state index in [-0.39, 0.29) is 0 Å². The lowest BCUT2D eigenvalue weighted by Crippen LogP contribution is -2.06. The van der Waals surface area contributed by atoms with E-state index in [4.69, 9.17) is 0 Å². The number of hydrogen-bond donors (Lipinski definition) is 2. The summed E-state index contributed by atoms with van der Waals surface area (Å²) in [6.45, 7) is 3.63. The summed E-state index contributed by atoms with van der Waals surface area (Å²) in [5.41, 5.74) is 1.20. The number of thioether (sulfide) groups is 1. The van der Waals surface area contributed by atoms with Gasteiger partial charge in [-0.2, -0.15) is 0 Å². The first-order chi connectivity index (χ1) is 9.71. The molecular formula is C14H17BrN4S. The van der Waals surface area contributed by atoms with Crippen LogP contribution in [0.1, 0.15) is 12.5 Å². The number of halogens is 1. The topological polar surface area (TPSA) is 49.8 Å². The Kier molecular flexibility index (Phi) is 5.67. The maximum Gasteiger partial charge on any atom is 0.191 e. The lowest BCUT2D eigenvalue weighted by Gasteiger charge is -2.10. The van der Waals surface area contributed by atoms with E-state index in [1.165, 1.54) is 17.3 Å². The lowest BCUT2D eigenvalue weighted by molar-refractivity contribution is 0.950. The summed E-state index contributed by atoms with van der Waals surface area (Å²) in [6, 6.07) is 10.2. The normalized spacial score (nSPS) is 10.3. The van der Waals surface area contributed by atoms with Gasteiger partial charge in [-0.3, -0.25) is 0 Å². The first kappa shape index (κ1) is 15.1. The van der Waals surface area contributed by atoms with Crippen molar-refractivity contribution in [3.63, 3.8) is 0 Å². The molecular weight excluding hydrogens is 336 g/mol. The van der Waals surface area contributed by atoms with E-state index in [0.717, 1.165) is 34.4 Å². The maximum atomic E-state index is 4.46. The molecule has 0 saturated carbocycles. The van der Waals surface area contributed by atoms with Crippen LogP contribution in [0.2, 0.25) is 0 Å². The predicted octanol–water partition coefficient (Wildman–Crippen LogP) is 4.00. The van der Waals surface area contributed by atoms with Gasteiger partial charge >= 0.3 is 0 Å². The summed E-state index contributed by atoms with van der Waals surface area (Å²) in [4.78, 5) is 8.86. The molecule has 2 N–H and O–H groups in total. The monoisotopic (exact) mass is 352 g/mol. The minimum atomic E-state index is 0.732. The molecule has 0 amide bonds. The van der Waals surface area contributed by atoms with Crippen molar-refractivity contribution in [2.24, 2.45) is 0 Å². The molecule has 0 radical (unpaired) electrons. The van der Waals surface area contributed by atoms with Gasteiger partial charge in [0.15, 0.2) is 5.16 Å². The largest absolute Gasteiger partial charge is 0.370 e. The van der Waals surface area contributed by atoms with Gasteiger partial charge in [0, 0.05) is 23.6 Å². The van der Waals surface area contributed by atoms with Gasteiger partial charge in [-0.05, 0) is 30.9 Å². The summed E-state index contributed by atoms with van der Waals surface area (Å²) in [7, 11) is 0. The molecule has 1 heterocycles. The number of nitrogens with one attached hydrogen (secondary N) is 2. The fourth-order valence-corrected chi connectivity index (χ4v) is 2.54. The molecule has 0 unspecified atom stereocenters. The van der Waals surface area contributed by atoms with Gasteiger partial charge in [-0.1, -0.05) is 39.8 Å². The molecule has 2 aromatic rings. The van der Waals surface area contributed by atoms with Crippen molar-refractivity contribution in [2.45, 2.75) is 18.6 Å². The Bertz CT molecular complexity index is 577. The summed E-state index contributed by atoms with van der Waals surface area (Å²) in [6.07, 6.45) is 1.98. The van der Waals surface area contributed by atoms with E-state index in [1.807, 2.05) is 24.5 Å². The van der Waals surface area contributed by atoms with Crippen molar-refractivity contribution in [1.82, 2.24) is 9.97 Å². The van der Waals surface area contributed by atoms with E-state index in [2.05, 4.69) is 55.6 Å². The van der Waals surface area contributed by atoms with Crippen LogP contribution in [0.25, 0.3) is 0 Å². The van der Waals surface area contributed by atoms with Gasteiger partial charge in [0.05, 0.1) is 0 Å². The predicted molar refractivity (Wildman–Crippen MR) is 89.4 cm³/mol. The highest BCUT2D eigenvalue weighted by atomic mass is 79.9. The number of anilines is 2. The second kappa shape index (κ2) is 7.50. The van der Waals surface area contributed by atoms with Crippen molar-refractivity contribution in [1.29, 1.82) is 0 Å². The van der Waals surface area contributed by atoms with E-state index in [1.54, 1.807) is 0 Å². The Hall–Kier alpha value is -1.27. The van der Waals surface area contributed by atoms with E-state index < -0.39 is 0 Å². The maximum absolute atomic E-state index is 4.46. The van der Waals surface area contributed by atoms with E-state index in [0.29, 0.717) is 0 Å². The SMILES string of the molecule is CCNc1cc(NCc2cccc(Br)c2)nc(SC)n1. The van der Waals surface area contributed by atoms with Crippen molar-refractivity contribution < 1.29 is 0 Å². The zero-order chi connectivity index (χ0) is 14.4. The van der Waals surface area contributed by atoms with Crippen molar-refractivity contribution in [3.8, 4) is 0 Å². The zero-order valence-electron chi connectivity index (χ0n) is 11.5. The quantitative estimate of drug-likeness (QED) is 0.607. The summed E-state index contributed by atoms with van der Waals surface area (Å²) in [5, 5.41) is 7.32. The molecule has 0 spiro atoms. The standard InChI is InChI=1S/C14H17BrN4S/c1-3-16-12-8-13(19-14(18-12)20-2)17-9-10-5-4-6-11(15)7-10/h4-8H,3,9H2,1-2H3,(H2,16,17,18,19). The van der Waals surface area contributed by atoms with Gasteiger partial charge in [-0.25, -0.2) is 9.97 Å². The van der Waals surface area contributed by atoms with Gasteiger partial charge < -0.3 is 10.6 Å². The zero-order valence-corrected chi connectivity index (χ0v) is 13.9. The number of aromatic nitrogens is 2. The van der Waals surface area contributed by atoms with Gasteiger partial charge in [0.1, 0.15) is 11.6 Å². The number of hydrogen-bond acceptors (Lipinski definition) is 5. The molecule has 0 atom stereocenters. The van der Waals surface area contributed by atoms with Crippen LogP contribution < -0.4 is 10.6 Å². The Morgan fingerprint density at radius 3 is 2.55 bits per heavy atom. The molecule has 106 valence electrons. The van der Waals surface area contributed by atoms with Crippen LogP contribution in [0.15, 0.2) is 40.0 Å². The average Bonchev–Trinajstić information content (AvgIpc) is 2.45. The Morgan fingerprint density at radius 1 is 1.15 bits per heavy atom. The summed E-state index contributed by atoms with van der Waals surface area (Å²) in [5.74, 6) is 1.68. The highest BCUT2D eigenvalue weighted by Gasteiger charge is 2.03. The first-order valence-electron chi connectivity index (χ1n) is 6.36. The van der Waals surface area contributed by atoms with Crippen LogP contribution in [-0.2, 0) is 6.54 Å². The lowest BCUT2D eigenvalue weighted by atomic mass is 10.2. The molecule has 0 saturated heterocycles. The second-order valence-corrected chi connectivity index (χ2v) is 5.83. The molecule has 0 fully saturated rings. The molecule has 20 heavy (non-hydrogen) atoms. The van der Waals surface area contributed by atoms with Gasteiger partial charge in [0.25, 0.3) is 0 Å². The molecule has 0 aliphatic heterocycles. The van der Waals surface area contributed by atoms with Crippen LogP contribution >= 0.6 is 27.7 Å². The molecule has 2 rings (SSSR count). The second-order valence-electron chi connectivity index (χ2n) is 4.14. The fraction of sp³-hybridized carbons (Fsp3) is 0.286. The number of rotatable bonds is 6. The number of benzene rings is 1. The smallest absolute Gasteiger partial charge is 0.191 e. The highest BCUT2D eigenvalue weighted by molar-refractivity contribution is 9.10. The molecule has 0 bridgehead atoms. The van der Waals surface area contributed by atoms with Gasteiger partial charge in [-0.15, -0.1) is 0 Å². The third-order valence-electron chi connectivity index (χ3n) is 2.61. The fourth-order valence-electron chi connectivity index (χ4n) is 1.72. The third kappa shape index (κ3) is 4.38. The Morgan fingerprint density at radius 2 is 1.90 bits per heavy atom. The summed E-state index contributed by atoms with van der Waals surface area (Å²) < 4.78 is 1.08. The highest BCUT2D eigenvalue weighted by Crippen LogP contribution is 2.18. The van der Waals surface area contributed by atoms with Gasteiger partial charge in [0.2, 0.25) is 0 Å².